The third kappa shape index (κ3) is 7.14. The molecule has 0 aromatic heterocycles. The van der Waals surface area contributed by atoms with Gasteiger partial charge in [0.15, 0.2) is 5.11 Å². The van der Waals surface area contributed by atoms with Crippen molar-refractivity contribution in [3.63, 3.8) is 0 Å². The molecule has 0 spiro atoms. The van der Waals surface area contributed by atoms with Crippen molar-refractivity contribution in [3.8, 4) is 0 Å². The summed E-state index contributed by atoms with van der Waals surface area (Å²) in [6.45, 7) is 7.72. The second-order valence-electron chi connectivity index (χ2n) is 6.17. The van der Waals surface area contributed by atoms with E-state index >= 15 is 0 Å². The number of benzene rings is 2. The standard InChI is InChI=1S/C21H28N4OS2/c1-4-25(5-2)14-13-22-20(26)16-9-11-17(12-10-16)23-21(27)24-18-7-6-8-19(15-18)28-3/h6-12,15H,4-5,13-14H2,1-3H3,(H,22,26)(H2,23,24,27). The van der Waals surface area contributed by atoms with Crippen LogP contribution in [0.15, 0.2) is 53.4 Å². The minimum Gasteiger partial charge on any atom is -0.351 e. The van der Waals surface area contributed by atoms with Crippen LogP contribution in [0.3, 0.4) is 0 Å². The molecule has 0 unspecified atom stereocenters. The molecule has 0 aliphatic rings. The molecule has 3 N–H and O–H groups in total. The molecule has 0 aliphatic heterocycles. The van der Waals surface area contributed by atoms with Crippen molar-refractivity contribution in [2.75, 3.05) is 43.1 Å². The Morgan fingerprint density at radius 3 is 2.36 bits per heavy atom. The number of carbonyl (C=O) groups excluding carboxylic acids is 1. The summed E-state index contributed by atoms with van der Waals surface area (Å²) in [4.78, 5) is 15.7. The Hall–Kier alpha value is -2.09. The third-order valence-electron chi connectivity index (χ3n) is 4.34. The van der Waals surface area contributed by atoms with Gasteiger partial charge in [-0.25, -0.2) is 0 Å². The monoisotopic (exact) mass is 416 g/mol. The summed E-state index contributed by atoms with van der Waals surface area (Å²) in [6, 6.07) is 15.4. The first-order valence-corrected chi connectivity index (χ1v) is 11.0. The maximum Gasteiger partial charge on any atom is 0.251 e. The molecule has 150 valence electrons. The highest BCUT2D eigenvalue weighted by atomic mass is 32.2. The van der Waals surface area contributed by atoms with Crippen LogP contribution in [-0.2, 0) is 0 Å². The zero-order chi connectivity index (χ0) is 20.4. The lowest BCUT2D eigenvalue weighted by molar-refractivity contribution is 0.0949. The summed E-state index contributed by atoms with van der Waals surface area (Å²) in [5.41, 5.74) is 2.41. The van der Waals surface area contributed by atoms with Crippen LogP contribution in [-0.4, -0.2) is 48.4 Å². The number of anilines is 2. The van der Waals surface area contributed by atoms with Gasteiger partial charge in [0.1, 0.15) is 0 Å². The number of hydrogen-bond donors (Lipinski definition) is 3. The SMILES string of the molecule is CCN(CC)CCNC(=O)c1ccc(NC(=S)Nc2cccc(SC)c2)cc1. The fraction of sp³-hybridized carbons (Fsp3) is 0.333. The lowest BCUT2D eigenvalue weighted by Crippen LogP contribution is -2.34. The van der Waals surface area contributed by atoms with Crippen molar-refractivity contribution < 1.29 is 4.79 Å². The molecule has 7 heteroatoms. The van der Waals surface area contributed by atoms with Crippen molar-refractivity contribution in [2.45, 2.75) is 18.7 Å². The Bertz CT molecular complexity index is 776. The minimum absolute atomic E-state index is 0.0618. The Balaban J connectivity index is 1.84. The van der Waals surface area contributed by atoms with Crippen LogP contribution < -0.4 is 16.0 Å². The summed E-state index contributed by atoms with van der Waals surface area (Å²) in [6.07, 6.45) is 2.04. The first-order chi connectivity index (χ1) is 13.5. The summed E-state index contributed by atoms with van der Waals surface area (Å²) in [5, 5.41) is 9.79. The van der Waals surface area contributed by atoms with Crippen LogP contribution in [0.1, 0.15) is 24.2 Å². The van der Waals surface area contributed by atoms with Crippen LogP contribution in [0.2, 0.25) is 0 Å². The van der Waals surface area contributed by atoms with Gasteiger partial charge >= 0.3 is 0 Å². The lowest BCUT2D eigenvalue weighted by Gasteiger charge is -2.18. The van der Waals surface area contributed by atoms with Gasteiger partial charge < -0.3 is 20.9 Å². The van der Waals surface area contributed by atoms with Gasteiger partial charge in [0.2, 0.25) is 0 Å². The van der Waals surface area contributed by atoms with Crippen molar-refractivity contribution in [2.24, 2.45) is 0 Å². The number of rotatable bonds is 9. The number of hydrogen-bond acceptors (Lipinski definition) is 4. The summed E-state index contributed by atoms with van der Waals surface area (Å²) >= 11 is 7.06. The van der Waals surface area contributed by atoms with Gasteiger partial charge in [-0.1, -0.05) is 19.9 Å². The molecule has 0 fully saturated rings. The predicted molar refractivity (Wildman–Crippen MR) is 125 cm³/mol. The van der Waals surface area contributed by atoms with Crippen LogP contribution >= 0.6 is 24.0 Å². The van der Waals surface area contributed by atoms with Crippen molar-refractivity contribution in [1.82, 2.24) is 10.2 Å². The Morgan fingerprint density at radius 2 is 1.71 bits per heavy atom. The van der Waals surface area contributed by atoms with Gasteiger partial charge in [-0.05, 0) is 74.0 Å². The van der Waals surface area contributed by atoms with E-state index in [0.29, 0.717) is 17.2 Å². The van der Waals surface area contributed by atoms with Crippen LogP contribution in [0.25, 0.3) is 0 Å². The number of carbonyl (C=O) groups is 1. The molecule has 0 aliphatic carbocycles. The Labute approximate surface area is 177 Å². The number of nitrogens with zero attached hydrogens (tertiary/aromatic N) is 1. The quantitative estimate of drug-likeness (QED) is 0.419. The maximum atomic E-state index is 12.2. The molecule has 2 aromatic rings. The van der Waals surface area contributed by atoms with E-state index in [2.05, 4.69) is 40.8 Å². The molecule has 0 saturated heterocycles. The molecular formula is C21H28N4OS2. The van der Waals surface area contributed by atoms with Gasteiger partial charge in [0, 0.05) is 34.9 Å². The van der Waals surface area contributed by atoms with Crippen LogP contribution in [0.5, 0.6) is 0 Å². The molecule has 0 saturated carbocycles. The van der Waals surface area contributed by atoms with E-state index in [0.717, 1.165) is 31.0 Å². The molecule has 1 amide bonds. The van der Waals surface area contributed by atoms with Crippen LogP contribution in [0, 0.1) is 0 Å². The highest BCUT2D eigenvalue weighted by Gasteiger charge is 2.07. The lowest BCUT2D eigenvalue weighted by atomic mass is 10.2. The predicted octanol–water partition coefficient (Wildman–Crippen LogP) is 4.29. The molecule has 0 radical (unpaired) electrons. The first-order valence-electron chi connectivity index (χ1n) is 9.38. The molecule has 5 nitrogen and oxygen atoms in total. The number of thioether (sulfide) groups is 1. The van der Waals surface area contributed by atoms with Gasteiger partial charge in [-0.3, -0.25) is 4.79 Å². The van der Waals surface area contributed by atoms with E-state index in [4.69, 9.17) is 12.2 Å². The molecule has 0 heterocycles. The average molecular weight is 417 g/mol. The van der Waals surface area contributed by atoms with E-state index in [9.17, 15) is 4.79 Å². The average Bonchev–Trinajstić information content (AvgIpc) is 2.71. The Kier molecular flexibility index (Phi) is 9.27. The molecule has 2 rings (SSSR count). The van der Waals surface area contributed by atoms with E-state index < -0.39 is 0 Å². The fourth-order valence-corrected chi connectivity index (χ4v) is 3.36. The molecule has 0 bridgehead atoms. The second-order valence-corrected chi connectivity index (χ2v) is 7.46. The molecule has 2 aromatic carbocycles. The first kappa shape index (κ1) is 22.2. The van der Waals surface area contributed by atoms with Gasteiger partial charge in [-0.2, -0.15) is 0 Å². The van der Waals surface area contributed by atoms with Crippen LogP contribution in [0.4, 0.5) is 11.4 Å². The van der Waals surface area contributed by atoms with Gasteiger partial charge in [0.25, 0.3) is 5.91 Å². The van der Waals surface area contributed by atoms with Crippen molar-refractivity contribution >= 4 is 46.4 Å². The highest BCUT2D eigenvalue weighted by Crippen LogP contribution is 2.19. The largest absolute Gasteiger partial charge is 0.351 e. The van der Waals surface area contributed by atoms with E-state index in [1.54, 1.807) is 23.9 Å². The van der Waals surface area contributed by atoms with Gasteiger partial charge in [-0.15, -0.1) is 11.8 Å². The molecule has 0 atom stereocenters. The zero-order valence-corrected chi connectivity index (χ0v) is 18.3. The highest BCUT2D eigenvalue weighted by molar-refractivity contribution is 7.98. The number of nitrogens with one attached hydrogen (secondary N) is 3. The summed E-state index contributed by atoms with van der Waals surface area (Å²) in [5.74, 6) is -0.0618. The van der Waals surface area contributed by atoms with Crippen molar-refractivity contribution in [1.29, 1.82) is 0 Å². The summed E-state index contributed by atoms with van der Waals surface area (Å²) < 4.78 is 0. The Morgan fingerprint density at radius 1 is 1.04 bits per heavy atom. The third-order valence-corrected chi connectivity index (χ3v) is 5.27. The van der Waals surface area contributed by atoms with Crippen molar-refractivity contribution in [3.05, 3.63) is 54.1 Å². The summed E-state index contributed by atoms with van der Waals surface area (Å²) in [7, 11) is 0. The second kappa shape index (κ2) is 11.7. The number of thiocarbonyl (C=S) groups is 1. The number of likely N-dealkylation sites (N-methyl/N-ethyl adjacent to an activating group) is 1. The number of amides is 1. The minimum atomic E-state index is -0.0618. The fourth-order valence-electron chi connectivity index (χ4n) is 2.67. The molecular weight excluding hydrogens is 388 g/mol. The van der Waals surface area contributed by atoms with E-state index in [1.807, 2.05) is 36.6 Å². The zero-order valence-electron chi connectivity index (χ0n) is 16.6. The normalized spacial score (nSPS) is 10.6. The topological polar surface area (TPSA) is 56.4 Å². The molecule has 28 heavy (non-hydrogen) atoms. The van der Waals surface area contributed by atoms with Gasteiger partial charge in [0.05, 0.1) is 0 Å². The maximum absolute atomic E-state index is 12.2. The van der Waals surface area contributed by atoms with E-state index in [1.165, 1.54) is 4.90 Å². The van der Waals surface area contributed by atoms with E-state index in [-0.39, 0.29) is 5.91 Å². The smallest absolute Gasteiger partial charge is 0.251 e.